The van der Waals surface area contributed by atoms with E-state index in [1.807, 2.05) is 6.92 Å². The Kier molecular flexibility index (Phi) is 5.25. The molecule has 0 radical (unpaired) electrons. The monoisotopic (exact) mass is 329 g/mol. The fourth-order valence-electron chi connectivity index (χ4n) is 2.42. The first-order valence-corrected chi connectivity index (χ1v) is 7.24. The highest BCUT2D eigenvalue weighted by molar-refractivity contribution is 5.96. The number of carbonyl (C=O) groups excluding carboxylic acids is 2. The van der Waals surface area contributed by atoms with Gasteiger partial charge in [-0.3, -0.25) is 9.59 Å². The molecule has 1 fully saturated rings. The lowest BCUT2D eigenvalue weighted by Gasteiger charge is -2.12. The van der Waals surface area contributed by atoms with Crippen molar-refractivity contribution in [2.45, 2.75) is 31.6 Å². The third-order valence-electron chi connectivity index (χ3n) is 3.58. The van der Waals surface area contributed by atoms with E-state index < -0.39 is 17.6 Å². The Morgan fingerprint density at radius 3 is 2.70 bits per heavy atom. The van der Waals surface area contributed by atoms with Crippen LogP contribution >= 0.6 is 0 Å². The van der Waals surface area contributed by atoms with Crippen LogP contribution in [0.4, 0.5) is 13.2 Å². The van der Waals surface area contributed by atoms with Crippen LogP contribution in [0.3, 0.4) is 0 Å². The van der Waals surface area contributed by atoms with Gasteiger partial charge in [0, 0.05) is 24.2 Å². The molecule has 2 atom stereocenters. The fraction of sp³-hybridized carbons (Fsp3) is 0.467. The van der Waals surface area contributed by atoms with Crippen molar-refractivity contribution in [3.8, 4) is 0 Å². The maximum absolute atomic E-state index is 12.6. The van der Waals surface area contributed by atoms with Crippen molar-refractivity contribution in [2.75, 3.05) is 13.1 Å². The summed E-state index contributed by atoms with van der Waals surface area (Å²) in [6.07, 6.45) is -3.72. The zero-order chi connectivity index (χ0) is 17.0. The van der Waals surface area contributed by atoms with Crippen LogP contribution in [0.5, 0.6) is 0 Å². The topological polar surface area (TPSA) is 70.2 Å². The normalized spacial score (nSPS) is 21.0. The Labute approximate surface area is 131 Å². The summed E-state index contributed by atoms with van der Waals surface area (Å²) in [5, 5.41) is 8.26. The number of carbonyl (C=O) groups is 2. The van der Waals surface area contributed by atoms with Crippen molar-refractivity contribution in [2.24, 2.45) is 0 Å². The molecule has 0 saturated carbocycles. The van der Waals surface area contributed by atoms with Crippen LogP contribution in [0.15, 0.2) is 24.3 Å². The van der Waals surface area contributed by atoms with E-state index in [1.54, 1.807) is 0 Å². The predicted molar refractivity (Wildman–Crippen MR) is 77.8 cm³/mol. The smallest absolute Gasteiger partial charge is 0.350 e. The molecule has 1 aliphatic rings. The van der Waals surface area contributed by atoms with Crippen molar-refractivity contribution >= 4 is 11.8 Å². The minimum absolute atomic E-state index is 0.00274. The highest BCUT2D eigenvalue weighted by atomic mass is 19.4. The maximum Gasteiger partial charge on any atom is 0.416 e. The van der Waals surface area contributed by atoms with Crippen molar-refractivity contribution in [3.63, 3.8) is 0 Å². The Bertz CT molecular complexity index is 590. The largest absolute Gasteiger partial charge is 0.416 e. The van der Waals surface area contributed by atoms with Gasteiger partial charge < -0.3 is 16.0 Å². The third-order valence-corrected chi connectivity index (χ3v) is 3.58. The van der Waals surface area contributed by atoms with Gasteiger partial charge in [-0.05, 0) is 31.5 Å². The summed E-state index contributed by atoms with van der Waals surface area (Å²) in [7, 11) is 0. The van der Waals surface area contributed by atoms with Crippen LogP contribution in [0.1, 0.15) is 29.3 Å². The van der Waals surface area contributed by atoms with Crippen molar-refractivity contribution in [3.05, 3.63) is 35.4 Å². The SMILES string of the molecule is C[C@H]1CC(NC(=O)CNC(=O)c2cccc(C(F)(F)F)c2)CN1. The highest BCUT2D eigenvalue weighted by Crippen LogP contribution is 2.29. The molecule has 23 heavy (non-hydrogen) atoms. The van der Waals surface area contributed by atoms with E-state index in [9.17, 15) is 22.8 Å². The lowest BCUT2D eigenvalue weighted by molar-refractivity contribution is -0.137. The molecule has 126 valence electrons. The number of alkyl halides is 3. The standard InChI is InChI=1S/C15H18F3N3O2/c1-9-5-12(7-19-9)21-13(22)8-20-14(23)10-3-2-4-11(6-10)15(16,17)18/h2-4,6,9,12,19H,5,7-8H2,1H3,(H,20,23)(H,21,22)/t9-,12?/m0/s1. The number of benzene rings is 1. The molecule has 1 saturated heterocycles. The van der Waals surface area contributed by atoms with Crippen LogP contribution in [0.25, 0.3) is 0 Å². The van der Waals surface area contributed by atoms with Crippen molar-refractivity contribution in [1.82, 2.24) is 16.0 Å². The summed E-state index contributed by atoms with van der Waals surface area (Å²) in [4.78, 5) is 23.6. The van der Waals surface area contributed by atoms with Crippen LogP contribution < -0.4 is 16.0 Å². The molecule has 5 nitrogen and oxygen atoms in total. The lowest BCUT2D eigenvalue weighted by Crippen LogP contribution is -2.42. The molecule has 1 heterocycles. The van der Waals surface area contributed by atoms with Gasteiger partial charge in [0.1, 0.15) is 0 Å². The van der Waals surface area contributed by atoms with Gasteiger partial charge in [0.25, 0.3) is 5.91 Å². The first-order valence-electron chi connectivity index (χ1n) is 7.24. The second-order valence-corrected chi connectivity index (χ2v) is 5.57. The molecule has 8 heteroatoms. The van der Waals surface area contributed by atoms with Gasteiger partial charge in [-0.2, -0.15) is 13.2 Å². The van der Waals surface area contributed by atoms with Crippen molar-refractivity contribution < 1.29 is 22.8 Å². The second-order valence-electron chi connectivity index (χ2n) is 5.57. The number of rotatable bonds is 4. The summed E-state index contributed by atoms with van der Waals surface area (Å²) in [5.74, 6) is -1.09. The number of halogens is 3. The summed E-state index contributed by atoms with van der Waals surface area (Å²) in [5.41, 5.74) is -1.04. The van der Waals surface area contributed by atoms with Crippen LogP contribution in [0.2, 0.25) is 0 Å². The lowest BCUT2D eigenvalue weighted by atomic mass is 10.1. The zero-order valence-electron chi connectivity index (χ0n) is 12.5. The van der Waals surface area contributed by atoms with Gasteiger partial charge in [0.15, 0.2) is 0 Å². The maximum atomic E-state index is 12.6. The average Bonchev–Trinajstić information content (AvgIpc) is 2.89. The Morgan fingerprint density at radius 1 is 1.35 bits per heavy atom. The Morgan fingerprint density at radius 2 is 2.09 bits per heavy atom. The molecule has 0 spiro atoms. The number of hydrogen-bond acceptors (Lipinski definition) is 3. The van der Waals surface area contributed by atoms with Gasteiger partial charge in [0.05, 0.1) is 12.1 Å². The summed E-state index contributed by atoms with van der Waals surface area (Å²) in [6, 6.07) is 4.39. The second kappa shape index (κ2) is 6.99. The van der Waals surface area contributed by atoms with E-state index in [2.05, 4.69) is 16.0 Å². The molecule has 0 bridgehead atoms. The Hall–Kier alpha value is -2.09. The van der Waals surface area contributed by atoms with E-state index in [1.165, 1.54) is 6.07 Å². The molecule has 1 aliphatic heterocycles. The molecule has 1 aromatic rings. The first-order chi connectivity index (χ1) is 10.8. The van der Waals surface area contributed by atoms with E-state index in [-0.39, 0.29) is 24.1 Å². The Balaban J connectivity index is 1.86. The highest BCUT2D eigenvalue weighted by Gasteiger charge is 2.31. The van der Waals surface area contributed by atoms with Gasteiger partial charge in [-0.25, -0.2) is 0 Å². The minimum atomic E-state index is -4.51. The van der Waals surface area contributed by atoms with Crippen LogP contribution in [-0.2, 0) is 11.0 Å². The van der Waals surface area contributed by atoms with Gasteiger partial charge in [0.2, 0.25) is 5.91 Å². The molecule has 3 N–H and O–H groups in total. The van der Waals surface area contributed by atoms with Crippen molar-refractivity contribution in [1.29, 1.82) is 0 Å². The number of hydrogen-bond donors (Lipinski definition) is 3. The van der Waals surface area contributed by atoms with E-state index >= 15 is 0 Å². The zero-order valence-corrected chi connectivity index (χ0v) is 12.5. The third kappa shape index (κ3) is 4.95. The molecular weight excluding hydrogens is 311 g/mol. The van der Waals surface area contributed by atoms with E-state index in [4.69, 9.17) is 0 Å². The quantitative estimate of drug-likeness (QED) is 0.780. The molecular formula is C15H18F3N3O2. The predicted octanol–water partition coefficient (Wildman–Crippen LogP) is 1.30. The van der Waals surface area contributed by atoms with Crippen LogP contribution in [0, 0.1) is 0 Å². The minimum Gasteiger partial charge on any atom is -0.350 e. The van der Waals surface area contributed by atoms with E-state index in [0.717, 1.165) is 24.6 Å². The van der Waals surface area contributed by atoms with Crippen LogP contribution in [-0.4, -0.2) is 37.0 Å². The van der Waals surface area contributed by atoms with Gasteiger partial charge in [-0.1, -0.05) is 6.07 Å². The molecule has 1 unspecified atom stereocenters. The molecule has 1 aromatic carbocycles. The average molecular weight is 329 g/mol. The van der Waals surface area contributed by atoms with Gasteiger partial charge in [-0.15, -0.1) is 0 Å². The number of nitrogens with one attached hydrogen (secondary N) is 3. The molecule has 2 amide bonds. The van der Waals surface area contributed by atoms with Gasteiger partial charge >= 0.3 is 6.18 Å². The molecule has 2 rings (SSSR count). The summed E-state index contributed by atoms with van der Waals surface area (Å²) >= 11 is 0. The summed E-state index contributed by atoms with van der Waals surface area (Å²) in [6.45, 7) is 2.38. The van der Waals surface area contributed by atoms with E-state index in [0.29, 0.717) is 12.6 Å². The molecule has 0 aliphatic carbocycles. The summed E-state index contributed by atoms with van der Waals surface area (Å²) < 4.78 is 37.8. The fourth-order valence-corrected chi connectivity index (χ4v) is 2.42. The first kappa shape index (κ1) is 17.3. The number of amides is 2. The molecule has 0 aromatic heterocycles.